The summed E-state index contributed by atoms with van der Waals surface area (Å²) in [6.45, 7) is 2.84. The number of benzene rings is 1. The second kappa shape index (κ2) is 8.83. The van der Waals surface area contributed by atoms with E-state index in [4.69, 9.17) is 0 Å². The number of piperidine rings is 1. The van der Waals surface area contributed by atoms with E-state index in [1.807, 2.05) is 6.92 Å². The summed E-state index contributed by atoms with van der Waals surface area (Å²) in [6, 6.07) is 3.93. The van der Waals surface area contributed by atoms with Crippen LogP contribution >= 0.6 is 11.8 Å². The van der Waals surface area contributed by atoms with Crippen LogP contribution in [-0.4, -0.2) is 49.6 Å². The number of nitro groups is 1. The third kappa shape index (κ3) is 4.95. The second-order valence-corrected chi connectivity index (χ2v) is 9.25. The SMILES string of the molecule is COC(=O)CCSc1ccc(S(=O)(=O)N2CCC[C@H](C)C2)cc1[N+](=O)[O-]. The Kier molecular flexibility index (Phi) is 7.01. The van der Waals surface area contributed by atoms with Gasteiger partial charge in [0, 0.05) is 24.9 Å². The van der Waals surface area contributed by atoms with Crippen LogP contribution in [0.4, 0.5) is 5.69 Å². The number of carbonyl (C=O) groups excluding carboxylic acids is 1. The third-order valence-corrected chi connectivity index (χ3v) is 7.10. The van der Waals surface area contributed by atoms with Gasteiger partial charge in [-0.05, 0) is 30.9 Å². The van der Waals surface area contributed by atoms with E-state index in [1.54, 1.807) is 0 Å². The first-order chi connectivity index (χ1) is 12.3. The molecule has 144 valence electrons. The molecule has 26 heavy (non-hydrogen) atoms. The number of hydrogen-bond acceptors (Lipinski definition) is 7. The van der Waals surface area contributed by atoms with Crippen LogP contribution in [0.5, 0.6) is 0 Å². The summed E-state index contributed by atoms with van der Waals surface area (Å²) in [4.78, 5) is 22.2. The Morgan fingerprint density at radius 2 is 2.19 bits per heavy atom. The maximum Gasteiger partial charge on any atom is 0.306 e. The lowest BCUT2D eigenvalue weighted by molar-refractivity contribution is -0.388. The molecule has 1 saturated heterocycles. The van der Waals surface area contributed by atoms with Gasteiger partial charge >= 0.3 is 5.97 Å². The van der Waals surface area contributed by atoms with E-state index < -0.39 is 20.9 Å². The van der Waals surface area contributed by atoms with Gasteiger partial charge in [-0.25, -0.2) is 8.42 Å². The van der Waals surface area contributed by atoms with Gasteiger partial charge in [-0.2, -0.15) is 4.31 Å². The van der Waals surface area contributed by atoms with Gasteiger partial charge in [0.2, 0.25) is 10.0 Å². The number of hydrogen-bond donors (Lipinski definition) is 0. The van der Waals surface area contributed by atoms with E-state index in [2.05, 4.69) is 4.74 Å². The van der Waals surface area contributed by atoms with Crippen LogP contribution in [0, 0.1) is 16.0 Å². The molecule has 1 heterocycles. The maximum absolute atomic E-state index is 12.8. The van der Waals surface area contributed by atoms with E-state index in [9.17, 15) is 23.3 Å². The Morgan fingerprint density at radius 3 is 2.81 bits per heavy atom. The van der Waals surface area contributed by atoms with Crippen molar-refractivity contribution < 1.29 is 22.9 Å². The third-order valence-electron chi connectivity index (χ3n) is 4.18. The van der Waals surface area contributed by atoms with Gasteiger partial charge < -0.3 is 4.74 Å². The standard InChI is InChI=1S/C16H22N2O6S2/c1-12-4-3-8-17(11-12)26(22,23)13-5-6-15(14(10-13)18(20)21)25-9-7-16(19)24-2/h5-6,10,12H,3-4,7-9,11H2,1-2H3/t12-/m0/s1. The fourth-order valence-electron chi connectivity index (χ4n) is 2.78. The van der Waals surface area contributed by atoms with Crippen LogP contribution in [0.15, 0.2) is 28.0 Å². The molecule has 1 aliphatic heterocycles. The van der Waals surface area contributed by atoms with Crippen LogP contribution in [0.2, 0.25) is 0 Å². The highest BCUT2D eigenvalue weighted by molar-refractivity contribution is 7.99. The summed E-state index contributed by atoms with van der Waals surface area (Å²) in [5.74, 6) is 0.170. The van der Waals surface area contributed by atoms with Crippen molar-refractivity contribution in [1.29, 1.82) is 0 Å². The van der Waals surface area contributed by atoms with Crippen molar-refractivity contribution >= 4 is 33.4 Å². The van der Waals surface area contributed by atoms with Crippen molar-refractivity contribution in [2.24, 2.45) is 5.92 Å². The number of nitrogens with zero attached hydrogens (tertiary/aromatic N) is 2. The van der Waals surface area contributed by atoms with Crippen molar-refractivity contribution in [3.63, 3.8) is 0 Å². The number of esters is 1. The van der Waals surface area contributed by atoms with Crippen molar-refractivity contribution in [1.82, 2.24) is 4.31 Å². The highest BCUT2D eigenvalue weighted by atomic mass is 32.2. The quantitative estimate of drug-likeness (QED) is 0.299. The molecule has 8 nitrogen and oxygen atoms in total. The number of thioether (sulfide) groups is 1. The largest absolute Gasteiger partial charge is 0.469 e. The van der Waals surface area contributed by atoms with Gasteiger partial charge in [0.15, 0.2) is 0 Å². The molecule has 1 aromatic rings. The van der Waals surface area contributed by atoms with E-state index >= 15 is 0 Å². The molecular formula is C16H22N2O6S2. The lowest BCUT2D eigenvalue weighted by Gasteiger charge is -2.30. The molecule has 1 aliphatic rings. The Bertz CT molecular complexity index is 781. The number of ether oxygens (including phenoxy) is 1. The topological polar surface area (TPSA) is 107 Å². The van der Waals surface area contributed by atoms with Crippen molar-refractivity contribution in [3.05, 3.63) is 28.3 Å². The first-order valence-corrected chi connectivity index (χ1v) is 10.7. The number of nitro benzene ring substituents is 1. The molecule has 1 fully saturated rings. The fourth-order valence-corrected chi connectivity index (χ4v) is 5.34. The predicted molar refractivity (Wildman–Crippen MR) is 97.6 cm³/mol. The van der Waals surface area contributed by atoms with Crippen molar-refractivity contribution in [2.45, 2.75) is 36.0 Å². The highest BCUT2D eigenvalue weighted by Gasteiger charge is 2.30. The minimum absolute atomic E-state index is 0.0735. The van der Waals surface area contributed by atoms with Crippen LogP contribution < -0.4 is 0 Å². The zero-order chi connectivity index (χ0) is 19.3. The first-order valence-electron chi connectivity index (χ1n) is 8.24. The van der Waals surface area contributed by atoms with E-state index in [-0.39, 0.29) is 22.9 Å². The van der Waals surface area contributed by atoms with E-state index in [1.165, 1.54) is 23.5 Å². The number of rotatable bonds is 7. The molecule has 0 aliphatic carbocycles. The van der Waals surface area contributed by atoms with Crippen molar-refractivity contribution in [2.75, 3.05) is 26.0 Å². The van der Waals surface area contributed by atoms with Gasteiger partial charge in [-0.15, -0.1) is 11.8 Å². The predicted octanol–water partition coefficient (Wildman–Crippen LogP) is 2.67. The fraction of sp³-hybridized carbons (Fsp3) is 0.562. The minimum Gasteiger partial charge on any atom is -0.469 e. The molecule has 0 bridgehead atoms. The zero-order valence-corrected chi connectivity index (χ0v) is 16.3. The maximum atomic E-state index is 12.8. The molecule has 0 N–H and O–H groups in total. The van der Waals surface area contributed by atoms with Crippen LogP contribution in [-0.2, 0) is 19.6 Å². The molecule has 0 radical (unpaired) electrons. The molecule has 2 rings (SSSR count). The number of carbonyl (C=O) groups is 1. The monoisotopic (exact) mass is 402 g/mol. The van der Waals surface area contributed by atoms with Gasteiger partial charge in [0.05, 0.1) is 28.2 Å². The Balaban J connectivity index is 2.24. The van der Waals surface area contributed by atoms with Gasteiger partial charge in [0.1, 0.15) is 0 Å². The molecule has 0 unspecified atom stereocenters. The van der Waals surface area contributed by atoms with Gasteiger partial charge in [-0.1, -0.05) is 6.92 Å². The lowest BCUT2D eigenvalue weighted by Crippen LogP contribution is -2.39. The lowest BCUT2D eigenvalue weighted by atomic mass is 10.0. The summed E-state index contributed by atoms with van der Waals surface area (Å²) in [5, 5.41) is 11.4. The molecule has 1 aromatic carbocycles. The molecule has 0 saturated carbocycles. The van der Waals surface area contributed by atoms with E-state index in [0.717, 1.165) is 30.7 Å². The smallest absolute Gasteiger partial charge is 0.306 e. The zero-order valence-electron chi connectivity index (χ0n) is 14.7. The summed E-state index contributed by atoms with van der Waals surface area (Å²) in [5.41, 5.74) is -0.272. The number of methoxy groups -OCH3 is 1. The summed E-state index contributed by atoms with van der Waals surface area (Å²) in [6.07, 6.45) is 1.87. The summed E-state index contributed by atoms with van der Waals surface area (Å²) in [7, 11) is -2.49. The molecular weight excluding hydrogens is 380 g/mol. The van der Waals surface area contributed by atoms with E-state index in [0.29, 0.717) is 23.7 Å². The number of sulfonamides is 1. The highest BCUT2D eigenvalue weighted by Crippen LogP contribution is 2.33. The Hall–Kier alpha value is -1.65. The molecule has 10 heteroatoms. The van der Waals surface area contributed by atoms with Crippen LogP contribution in [0.1, 0.15) is 26.2 Å². The molecule has 0 amide bonds. The summed E-state index contributed by atoms with van der Waals surface area (Å²) < 4.78 is 31.5. The van der Waals surface area contributed by atoms with Crippen LogP contribution in [0.3, 0.4) is 0 Å². The minimum atomic E-state index is -3.76. The Morgan fingerprint density at radius 1 is 1.46 bits per heavy atom. The van der Waals surface area contributed by atoms with Crippen LogP contribution in [0.25, 0.3) is 0 Å². The second-order valence-electron chi connectivity index (χ2n) is 6.17. The molecule has 1 atom stereocenters. The normalized spacial score (nSPS) is 18.5. The van der Waals surface area contributed by atoms with Gasteiger partial charge in [-0.3, -0.25) is 14.9 Å². The average Bonchev–Trinajstić information content (AvgIpc) is 2.61. The Labute approximate surface area is 157 Å². The first kappa shape index (κ1) is 20.7. The van der Waals surface area contributed by atoms with Gasteiger partial charge in [0.25, 0.3) is 5.69 Å². The summed E-state index contributed by atoms with van der Waals surface area (Å²) >= 11 is 1.12. The average molecular weight is 402 g/mol. The van der Waals surface area contributed by atoms with Crippen molar-refractivity contribution in [3.8, 4) is 0 Å². The molecule has 0 aromatic heterocycles. The molecule has 0 spiro atoms.